The lowest BCUT2D eigenvalue weighted by Crippen LogP contribution is -2.32. The number of aryl methyl sites for hydroxylation is 2. The van der Waals surface area contributed by atoms with Gasteiger partial charge in [0.15, 0.2) is 0 Å². The van der Waals surface area contributed by atoms with E-state index in [4.69, 9.17) is 0 Å². The van der Waals surface area contributed by atoms with E-state index in [1.54, 1.807) is 17.0 Å². The lowest BCUT2D eigenvalue weighted by atomic mass is 9.94. The van der Waals surface area contributed by atoms with Crippen molar-refractivity contribution in [1.29, 1.82) is 0 Å². The van der Waals surface area contributed by atoms with Crippen molar-refractivity contribution in [1.82, 2.24) is 9.80 Å². The quantitative estimate of drug-likeness (QED) is 0.430. The Morgan fingerprint density at radius 3 is 2.23 bits per heavy atom. The third kappa shape index (κ3) is 4.46. The molecule has 2 aromatic rings. The van der Waals surface area contributed by atoms with Gasteiger partial charge in [0.25, 0.3) is 11.7 Å². The van der Waals surface area contributed by atoms with E-state index >= 15 is 0 Å². The van der Waals surface area contributed by atoms with Crippen LogP contribution in [0.25, 0.3) is 5.76 Å². The predicted molar refractivity (Wildman–Crippen MR) is 119 cm³/mol. The molecule has 0 aliphatic carbocycles. The summed E-state index contributed by atoms with van der Waals surface area (Å²) in [6.07, 6.45) is 1.65. The summed E-state index contributed by atoms with van der Waals surface area (Å²) in [6, 6.07) is 14.7. The summed E-state index contributed by atoms with van der Waals surface area (Å²) in [5.41, 5.74) is 3.79. The fourth-order valence-electron chi connectivity index (χ4n) is 3.82. The molecule has 5 heteroatoms. The van der Waals surface area contributed by atoms with Crippen LogP contribution in [0.3, 0.4) is 0 Å². The Morgan fingerprint density at radius 1 is 1.03 bits per heavy atom. The van der Waals surface area contributed by atoms with E-state index in [-0.39, 0.29) is 11.3 Å². The van der Waals surface area contributed by atoms with Gasteiger partial charge in [-0.25, -0.2) is 0 Å². The highest BCUT2D eigenvalue weighted by Crippen LogP contribution is 2.39. The number of nitrogens with zero attached hydrogens (tertiary/aromatic N) is 2. The molecule has 0 radical (unpaired) electrons. The molecular weight excluding hydrogens is 376 g/mol. The number of amides is 1. The first kappa shape index (κ1) is 21.8. The van der Waals surface area contributed by atoms with Crippen molar-refractivity contribution < 1.29 is 14.7 Å². The summed E-state index contributed by atoms with van der Waals surface area (Å²) in [5, 5.41) is 11.0. The molecule has 5 nitrogen and oxygen atoms in total. The van der Waals surface area contributed by atoms with Gasteiger partial charge in [0.05, 0.1) is 11.6 Å². The molecule has 0 bridgehead atoms. The number of aliphatic hydroxyl groups excluding tert-OH is 1. The lowest BCUT2D eigenvalue weighted by molar-refractivity contribution is -0.139. The average Bonchev–Trinajstić information content (AvgIpc) is 2.98. The Balaban J connectivity index is 2.07. The van der Waals surface area contributed by atoms with Crippen LogP contribution < -0.4 is 0 Å². The maximum Gasteiger partial charge on any atom is 0.295 e. The predicted octanol–water partition coefficient (Wildman–Crippen LogP) is 3.93. The van der Waals surface area contributed by atoms with E-state index in [0.29, 0.717) is 12.1 Å². The largest absolute Gasteiger partial charge is 0.507 e. The molecule has 1 aliphatic heterocycles. The number of benzene rings is 2. The van der Waals surface area contributed by atoms with Crippen LogP contribution in [0.15, 0.2) is 54.1 Å². The first-order chi connectivity index (χ1) is 14.3. The molecule has 1 amide bonds. The molecule has 1 aliphatic rings. The van der Waals surface area contributed by atoms with Gasteiger partial charge >= 0.3 is 0 Å². The van der Waals surface area contributed by atoms with Crippen molar-refractivity contribution in [2.75, 3.05) is 27.2 Å². The van der Waals surface area contributed by atoms with Crippen molar-refractivity contribution in [2.24, 2.45) is 0 Å². The molecule has 3 rings (SSSR count). The number of likely N-dealkylation sites (tertiary alicyclic amines) is 1. The zero-order chi connectivity index (χ0) is 21.8. The molecule has 1 N–H and O–H groups in total. The minimum atomic E-state index is -0.623. The Hall–Kier alpha value is -2.92. The summed E-state index contributed by atoms with van der Waals surface area (Å²) in [4.78, 5) is 29.5. The van der Waals surface area contributed by atoms with Crippen LogP contribution in [-0.2, 0) is 16.0 Å². The number of aliphatic hydroxyl groups is 1. The summed E-state index contributed by atoms with van der Waals surface area (Å²) >= 11 is 0. The molecular formula is C25H30N2O3. The van der Waals surface area contributed by atoms with Crippen LogP contribution in [0.5, 0.6) is 0 Å². The van der Waals surface area contributed by atoms with Crippen LogP contribution in [0.4, 0.5) is 0 Å². The monoisotopic (exact) mass is 406 g/mol. The fraction of sp³-hybridized carbons (Fsp3) is 0.360. The van der Waals surface area contributed by atoms with Gasteiger partial charge in [0.1, 0.15) is 5.76 Å². The Kier molecular flexibility index (Phi) is 6.73. The molecule has 1 heterocycles. The number of rotatable bonds is 7. The Bertz CT molecular complexity index is 943. The lowest BCUT2D eigenvalue weighted by Gasteiger charge is -2.26. The molecule has 1 fully saturated rings. The third-order valence-corrected chi connectivity index (χ3v) is 5.57. The normalized spacial score (nSPS) is 18.4. The SMILES string of the molecule is CCc1ccc(C2/C(=C(/O)c3ccc(C)cc3)C(=O)C(=O)N2CCCN(C)C)cc1. The van der Waals surface area contributed by atoms with Gasteiger partial charge in [0, 0.05) is 12.1 Å². The summed E-state index contributed by atoms with van der Waals surface area (Å²) in [7, 11) is 3.96. The van der Waals surface area contributed by atoms with Gasteiger partial charge in [-0.15, -0.1) is 0 Å². The van der Waals surface area contributed by atoms with Crippen LogP contribution >= 0.6 is 0 Å². The van der Waals surface area contributed by atoms with Gasteiger partial charge in [-0.3, -0.25) is 9.59 Å². The molecule has 30 heavy (non-hydrogen) atoms. The van der Waals surface area contributed by atoms with E-state index in [0.717, 1.165) is 30.5 Å². The fourth-order valence-corrected chi connectivity index (χ4v) is 3.82. The van der Waals surface area contributed by atoms with Crippen molar-refractivity contribution in [3.05, 3.63) is 76.4 Å². The van der Waals surface area contributed by atoms with Gasteiger partial charge in [0.2, 0.25) is 0 Å². The second-order valence-corrected chi connectivity index (χ2v) is 8.11. The molecule has 1 atom stereocenters. The van der Waals surface area contributed by atoms with Gasteiger partial charge in [-0.1, -0.05) is 61.0 Å². The molecule has 158 valence electrons. The zero-order valence-electron chi connectivity index (χ0n) is 18.2. The van der Waals surface area contributed by atoms with Crippen molar-refractivity contribution in [3.63, 3.8) is 0 Å². The van der Waals surface area contributed by atoms with E-state index in [1.807, 2.05) is 62.3 Å². The minimum absolute atomic E-state index is 0.118. The number of hydrogen-bond acceptors (Lipinski definition) is 4. The van der Waals surface area contributed by atoms with E-state index in [2.05, 4.69) is 6.92 Å². The summed E-state index contributed by atoms with van der Waals surface area (Å²) < 4.78 is 0. The van der Waals surface area contributed by atoms with Gasteiger partial charge in [-0.05, 0) is 51.5 Å². The maximum absolute atomic E-state index is 13.0. The van der Waals surface area contributed by atoms with Crippen LogP contribution in [0.2, 0.25) is 0 Å². The molecule has 0 spiro atoms. The van der Waals surface area contributed by atoms with Crippen molar-refractivity contribution in [3.8, 4) is 0 Å². The summed E-state index contributed by atoms with van der Waals surface area (Å²) in [6.45, 7) is 5.30. The molecule has 1 saturated heterocycles. The molecule has 2 aromatic carbocycles. The van der Waals surface area contributed by atoms with Crippen LogP contribution in [0, 0.1) is 6.92 Å². The molecule has 0 aromatic heterocycles. The topological polar surface area (TPSA) is 60.9 Å². The second-order valence-electron chi connectivity index (χ2n) is 8.11. The van der Waals surface area contributed by atoms with Gasteiger partial charge in [-0.2, -0.15) is 0 Å². The first-order valence-electron chi connectivity index (χ1n) is 10.4. The van der Waals surface area contributed by atoms with E-state index in [1.165, 1.54) is 5.56 Å². The molecule has 0 saturated carbocycles. The number of ketones is 1. The van der Waals surface area contributed by atoms with Crippen LogP contribution in [-0.4, -0.2) is 53.8 Å². The summed E-state index contributed by atoms with van der Waals surface area (Å²) in [5.74, 6) is -1.29. The standard InChI is InChI=1S/C25H30N2O3/c1-5-18-9-13-19(14-10-18)22-21(23(28)20-11-7-17(2)8-12-20)24(29)25(30)27(22)16-6-15-26(3)4/h7-14,22,28H,5-6,15-16H2,1-4H3/b23-21-. The first-order valence-corrected chi connectivity index (χ1v) is 10.4. The highest BCUT2D eigenvalue weighted by molar-refractivity contribution is 6.46. The van der Waals surface area contributed by atoms with Gasteiger partial charge < -0.3 is 14.9 Å². The number of carbonyl (C=O) groups excluding carboxylic acids is 2. The third-order valence-electron chi connectivity index (χ3n) is 5.57. The number of Topliss-reactive ketones (excluding diaryl/α,β-unsaturated/α-hetero) is 1. The maximum atomic E-state index is 13.0. The van der Waals surface area contributed by atoms with E-state index in [9.17, 15) is 14.7 Å². The second kappa shape index (κ2) is 9.26. The van der Waals surface area contributed by atoms with Crippen molar-refractivity contribution >= 4 is 17.4 Å². The van der Waals surface area contributed by atoms with E-state index < -0.39 is 17.7 Å². The highest BCUT2D eigenvalue weighted by Gasteiger charge is 2.45. The zero-order valence-corrected chi connectivity index (χ0v) is 18.2. The average molecular weight is 407 g/mol. The number of hydrogen-bond donors (Lipinski definition) is 1. The smallest absolute Gasteiger partial charge is 0.295 e. The number of carbonyl (C=O) groups is 2. The molecule has 1 unspecified atom stereocenters. The van der Waals surface area contributed by atoms with Crippen molar-refractivity contribution in [2.45, 2.75) is 32.7 Å². The van der Waals surface area contributed by atoms with Crippen LogP contribution in [0.1, 0.15) is 41.6 Å². The highest BCUT2D eigenvalue weighted by atomic mass is 16.3. The Labute approximate surface area is 178 Å². The Morgan fingerprint density at radius 2 is 1.67 bits per heavy atom. The minimum Gasteiger partial charge on any atom is -0.507 e.